The van der Waals surface area contributed by atoms with E-state index in [1.165, 1.54) is 11.9 Å². The lowest BCUT2D eigenvalue weighted by molar-refractivity contribution is -0.141. The monoisotopic (exact) mass is 381 g/mol. The summed E-state index contributed by atoms with van der Waals surface area (Å²) in [7, 11) is 1.47. The number of imide groups is 1. The summed E-state index contributed by atoms with van der Waals surface area (Å²) in [5, 5.41) is 11.5. The molecule has 1 saturated carbocycles. The Labute approximate surface area is 160 Å². The largest absolute Gasteiger partial charge is 0.481 e. The predicted octanol–water partition coefficient (Wildman–Crippen LogP) is 1.84. The number of nitrogens with one attached hydrogen (secondary N) is 1. The minimum Gasteiger partial charge on any atom is -0.481 e. The number of likely N-dealkylation sites (N-methyl/N-ethyl adjacent to an activating group) is 1. The molecule has 0 aromatic rings. The summed E-state index contributed by atoms with van der Waals surface area (Å²) in [6.45, 7) is 6.33. The molecule has 1 aliphatic heterocycles. The molecule has 4 amide bonds. The summed E-state index contributed by atoms with van der Waals surface area (Å²) in [6.07, 6.45) is 3.80. The average Bonchev–Trinajstić information content (AvgIpc) is 2.84. The second kappa shape index (κ2) is 7.86. The van der Waals surface area contributed by atoms with E-state index in [1.54, 1.807) is 0 Å². The molecule has 8 heteroatoms. The van der Waals surface area contributed by atoms with Crippen molar-refractivity contribution in [1.29, 1.82) is 0 Å². The molecule has 2 fully saturated rings. The minimum absolute atomic E-state index is 0.0384. The molecule has 0 unspecified atom stereocenters. The second-order valence-corrected chi connectivity index (χ2v) is 8.48. The van der Waals surface area contributed by atoms with Crippen LogP contribution in [0.2, 0.25) is 0 Å². The van der Waals surface area contributed by atoms with Crippen LogP contribution in [-0.2, 0) is 14.4 Å². The number of carboxylic acid groups (broad SMARTS) is 1. The smallest absolute Gasteiger partial charge is 0.325 e. The van der Waals surface area contributed by atoms with Crippen LogP contribution in [0, 0.1) is 11.3 Å². The van der Waals surface area contributed by atoms with Crippen LogP contribution in [0.1, 0.15) is 59.3 Å². The van der Waals surface area contributed by atoms with E-state index in [-0.39, 0.29) is 30.8 Å². The van der Waals surface area contributed by atoms with Crippen molar-refractivity contribution in [1.82, 2.24) is 15.1 Å². The van der Waals surface area contributed by atoms with Crippen molar-refractivity contribution in [2.24, 2.45) is 11.3 Å². The van der Waals surface area contributed by atoms with Crippen LogP contribution in [0.25, 0.3) is 0 Å². The van der Waals surface area contributed by atoms with Gasteiger partial charge in [0.05, 0.1) is 6.42 Å². The fourth-order valence-corrected chi connectivity index (χ4v) is 3.98. The van der Waals surface area contributed by atoms with Crippen LogP contribution in [0.5, 0.6) is 0 Å². The van der Waals surface area contributed by atoms with Crippen LogP contribution in [0.4, 0.5) is 4.79 Å². The molecule has 152 valence electrons. The van der Waals surface area contributed by atoms with Crippen molar-refractivity contribution < 1.29 is 24.3 Å². The van der Waals surface area contributed by atoms with Crippen molar-refractivity contribution in [3.05, 3.63) is 0 Å². The SMILES string of the molecule is CCC(C)(C)C1CCC2(CC1)NC(=O)N(CC(=O)N(C)CCC(=O)O)C2=O. The molecular formula is C19H31N3O5. The standard InChI is InChI=1S/C19H31N3O5/c1-5-18(2,3)13-6-9-19(10-7-13)16(26)22(17(27)20-19)12-14(23)21(4)11-8-15(24)25/h13H,5-12H2,1-4H3,(H,20,27)(H,24,25). The number of amides is 4. The van der Waals surface area contributed by atoms with Crippen molar-refractivity contribution in [2.45, 2.75) is 64.8 Å². The summed E-state index contributed by atoms with van der Waals surface area (Å²) >= 11 is 0. The fourth-order valence-electron chi connectivity index (χ4n) is 3.98. The number of hydrogen-bond acceptors (Lipinski definition) is 4. The van der Waals surface area contributed by atoms with Gasteiger partial charge in [0.2, 0.25) is 5.91 Å². The molecule has 2 rings (SSSR count). The van der Waals surface area contributed by atoms with Gasteiger partial charge in [-0.3, -0.25) is 19.3 Å². The van der Waals surface area contributed by atoms with Crippen LogP contribution < -0.4 is 5.32 Å². The van der Waals surface area contributed by atoms with E-state index >= 15 is 0 Å². The highest BCUT2D eigenvalue weighted by molar-refractivity contribution is 6.09. The van der Waals surface area contributed by atoms with E-state index < -0.39 is 23.4 Å². The molecule has 27 heavy (non-hydrogen) atoms. The van der Waals surface area contributed by atoms with Gasteiger partial charge in [0.15, 0.2) is 0 Å². The van der Waals surface area contributed by atoms with E-state index in [9.17, 15) is 19.2 Å². The summed E-state index contributed by atoms with van der Waals surface area (Å²) in [5.41, 5.74) is -0.687. The topological polar surface area (TPSA) is 107 Å². The highest BCUT2D eigenvalue weighted by Crippen LogP contribution is 2.45. The third-order valence-corrected chi connectivity index (χ3v) is 6.48. The Morgan fingerprint density at radius 1 is 1.30 bits per heavy atom. The molecule has 1 aliphatic carbocycles. The number of carboxylic acids is 1. The molecule has 0 bridgehead atoms. The zero-order valence-electron chi connectivity index (χ0n) is 16.7. The van der Waals surface area contributed by atoms with Gasteiger partial charge in [-0.2, -0.15) is 0 Å². The van der Waals surface area contributed by atoms with Gasteiger partial charge in [0, 0.05) is 13.6 Å². The Bertz CT molecular complexity index is 623. The third kappa shape index (κ3) is 4.42. The maximum Gasteiger partial charge on any atom is 0.325 e. The van der Waals surface area contributed by atoms with Crippen LogP contribution in [0.15, 0.2) is 0 Å². The lowest BCUT2D eigenvalue weighted by Crippen LogP contribution is -2.51. The van der Waals surface area contributed by atoms with Crippen LogP contribution >= 0.6 is 0 Å². The van der Waals surface area contributed by atoms with E-state index in [0.29, 0.717) is 18.8 Å². The van der Waals surface area contributed by atoms with Gasteiger partial charge in [0.25, 0.3) is 5.91 Å². The zero-order valence-corrected chi connectivity index (χ0v) is 16.7. The van der Waals surface area contributed by atoms with Crippen molar-refractivity contribution in [3.63, 3.8) is 0 Å². The van der Waals surface area contributed by atoms with Crippen molar-refractivity contribution in [2.75, 3.05) is 20.1 Å². The van der Waals surface area contributed by atoms with Crippen molar-refractivity contribution >= 4 is 23.8 Å². The molecule has 1 saturated heterocycles. The number of rotatable bonds is 7. The molecule has 0 aromatic carbocycles. The average molecular weight is 381 g/mol. The summed E-state index contributed by atoms with van der Waals surface area (Å²) in [5.74, 6) is -1.27. The van der Waals surface area contributed by atoms with Gasteiger partial charge in [-0.25, -0.2) is 4.79 Å². The molecule has 2 aliphatic rings. The molecule has 2 N–H and O–H groups in total. The van der Waals surface area contributed by atoms with Crippen molar-refractivity contribution in [3.8, 4) is 0 Å². The van der Waals surface area contributed by atoms with Gasteiger partial charge >= 0.3 is 12.0 Å². The maximum atomic E-state index is 12.9. The Hall–Kier alpha value is -2.12. The number of carbonyl (C=O) groups is 4. The summed E-state index contributed by atoms with van der Waals surface area (Å²) < 4.78 is 0. The summed E-state index contributed by atoms with van der Waals surface area (Å²) in [4.78, 5) is 50.4. The van der Waals surface area contributed by atoms with Gasteiger partial charge in [-0.05, 0) is 37.0 Å². The van der Waals surface area contributed by atoms with E-state index in [2.05, 4.69) is 26.1 Å². The van der Waals surface area contributed by atoms with Gasteiger partial charge in [0.1, 0.15) is 12.1 Å². The van der Waals surface area contributed by atoms with Crippen LogP contribution in [0.3, 0.4) is 0 Å². The Morgan fingerprint density at radius 3 is 2.41 bits per heavy atom. The molecule has 0 aromatic heterocycles. The highest BCUT2D eigenvalue weighted by Gasteiger charge is 2.53. The number of urea groups is 1. The number of carbonyl (C=O) groups excluding carboxylic acids is 3. The molecular weight excluding hydrogens is 350 g/mol. The highest BCUT2D eigenvalue weighted by atomic mass is 16.4. The lowest BCUT2D eigenvalue weighted by atomic mass is 9.65. The first-order valence-electron chi connectivity index (χ1n) is 9.62. The fraction of sp³-hybridized carbons (Fsp3) is 0.789. The Morgan fingerprint density at radius 2 is 1.89 bits per heavy atom. The van der Waals surface area contributed by atoms with Gasteiger partial charge in [-0.1, -0.05) is 27.2 Å². The predicted molar refractivity (Wildman–Crippen MR) is 98.9 cm³/mol. The first-order valence-corrected chi connectivity index (χ1v) is 9.62. The normalized spacial score (nSPS) is 25.6. The molecule has 1 spiro atoms. The summed E-state index contributed by atoms with van der Waals surface area (Å²) in [6, 6.07) is -0.534. The van der Waals surface area contributed by atoms with Gasteiger partial charge < -0.3 is 15.3 Å². The second-order valence-electron chi connectivity index (χ2n) is 8.48. The number of nitrogens with zero attached hydrogens (tertiary/aromatic N) is 2. The van der Waals surface area contributed by atoms with Gasteiger partial charge in [-0.15, -0.1) is 0 Å². The number of aliphatic carboxylic acids is 1. The first-order chi connectivity index (χ1) is 12.5. The molecule has 1 heterocycles. The lowest BCUT2D eigenvalue weighted by Gasteiger charge is -2.42. The third-order valence-electron chi connectivity index (χ3n) is 6.48. The maximum absolute atomic E-state index is 12.9. The van der Waals surface area contributed by atoms with E-state index in [1.807, 2.05) is 0 Å². The number of hydrogen-bond donors (Lipinski definition) is 2. The first kappa shape index (κ1) is 21.2. The molecule has 0 radical (unpaired) electrons. The zero-order chi connectivity index (χ0) is 20.4. The Kier molecular flexibility index (Phi) is 6.17. The van der Waals surface area contributed by atoms with Crippen LogP contribution in [-0.4, -0.2) is 64.4 Å². The Balaban J connectivity index is 1.99. The molecule has 0 atom stereocenters. The van der Waals surface area contributed by atoms with E-state index in [0.717, 1.165) is 24.2 Å². The minimum atomic E-state index is -1.00. The molecule has 8 nitrogen and oxygen atoms in total. The quantitative estimate of drug-likeness (QED) is 0.654. The van der Waals surface area contributed by atoms with E-state index in [4.69, 9.17) is 5.11 Å².